The molecule has 2 aromatic rings. The topological polar surface area (TPSA) is 101 Å². The van der Waals surface area contributed by atoms with Crippen LogP contribution in [0.1, 0.15) is 110 Å². The summed E-state index contributed by atoms with van der Waals surface area (Å²) in [4.78, 5) is 12.8. The third-order valence-electron chi connectivity index (χ3n) is 14.5. The van der Waals surface area contributed by atoms with Crippen molar-refractivity contribution >= 4 is 17.4 Å². The fourth-order valence-electron chi connectivity index (χ4n) is 12.5. The maximum atomic E-state index is 12.8. The summed E-state index contributed by atoms with van der Waals surface area (Å²) in [5, 5.41) is 18.4. The van der Waals surface area contributed by atoms with Gasteiger partial charge in [0.2, 0.25) is 0 Å². The first-order valence-electron chi connectivity index (χ1n) is 17.0. The molecule has 0 amide bonds. The molecule has 7 unspecified atom stereocenters. The Kier molecular flexibility index (Phi) is 6.38. The Morgan fingerprint density at radius 3 is 2.50 bits per heavy atom. The number of aliphatic carboxylic acids is 1. The summed E-state index contributed by atoms with van der Waals surface area (Å²) in [5.74, 6) is 2.15. The number of nitrogens with two attached hydrogens (primary N) is 1. The number of methoxy groups -OCH3 is 1. The first-order chi connectivity index (χ1) is 20.6. The Labute approximate surface area is 263 Å². The van der Waals surface area contributed by atoms with Gasteiger partial charge in [0.1, 0.15) is 11.6 Å². The van der Waals surface area contributed by atoms with Gasteiger partial charge in [0, 0.05) is 11.0 Å². The average molecular weight is 600 g/mol. The quantitative estimate of drug-likeness (QED) is 0.330. The highest BCUT2D eigenvalue weighted by Gasteiger charge is 2.68. The number of ether oxygens (including phenoxy) is 1. The van der Waals surface area contributed by atoms with E-state index in [1.54, 1.807) is 12.7 Å². The molecule has 0 saturated heterocycles. The number of carbonyl (C=O) groups is 1. The Morgan fingerprint density at radius 2 is 1.80 bits per heavy atom. The van der Waals surface area contributed by atoms with Crippen molar-refractivity contribution in [3.8, 4) is 5.75 Å². The molecular formula is C38H53N3O3. The fraction of sp³-hybridized carbons (Fsp3) is 0.684. The summed E-state index contributed by atoms with van der Waals surface area (Å²) in [7, 11) is 1.75. The van der Waals surface area contributed by atoms with Gasteiger partial charge in [0.15, 0.2) is 0 Å². The Bertz CT molecular complexity index is 1550. The molecule has 4 N–H and O–H groups in total. The number of allylic oxidation sites excluding steroid dienone is 2. The van der Waals surface area contributed by atoms with E-state index in [4.69, 9.17) is 15.6 Å². The lowest BCUT2D eigenvalue weighted by Crippen LogP contribution is -2.64. The third kappa shape index (κ3) is 3.84. The highest BCUT2D eigenvalue weighted by molar-refractivity contribution is 5.75. The molecule has 238 valence electrons. The van der Waals surface area contributed by atoms with E-state index in [-0.39, 0.29) is 44.8 Å². The summed E-state index contributed by atoms with van der Waals surface area (Å²) in [6.45, 7) is 17.2. The van der Waals surface area contributed by atoms with Crippen molar-refractivity contribution in [3.05, 3.63) is 46.7 Å². The number of anilines is 1. The number of aromatic nitrogens is 2. The second-order valence-electron chi connectivity index (χ2n) is 17.4. The predicted octanol–water partition coefficient (Wildman–Crippen LogP) is 8.28. The van der Waals surface area contributed by atoms with E-state index in [1.165, 1.54) is 29.5 Å². The number of rotatable bonds is 3. The number of benzene rings is 1. The van der Waals surface area contributed by atoms with E-state index >= 15 is 0 Å². The van der Waals surface area contributed by atoms with E-state index in [1.807, 2.05) is 6.07 Å². The molecule has 0 bridgehead atoms. The van der Waals surface area contributed by atoms with Crippen LogP contribution >= 0.6 is 0 Å². The van der Waals surface area contributed by atoms with Crippen molar-refractivity contribution in [2.75, 3.05) is 12.8 Å². The molecule has 5 aliphatic rings. The first-order valence-corrected chi connectivity index (χ1v) is 17.0. The van der Waals surface area contributed by atoms with Crippen LogP contribution in [-0.4, -0.2) is 28.4 Å². The van der Waals surface area contributed by atoms with Crippen molar-refractivity contribution in [1.29, 1.82) is 0 Å². The number of hydrogen-bond donors (Lipinski definition) is 3. The van der Waals surface area contributed by atoms with Gasteiger partial charge in [-0.05, 0) is 120 Å². The van der Waals surface area contributed by atoms with Gasteiger partial charge in [-0.1, -0.05) is 66.2 Å². The molecule has 3 saturated carbocycles. The number of H-pyrrole nitrogens is 1. The van der Waals surface area contributed by atoms with Crippen LogP contribution in [0.15, 0.2) is 29.8 Å². The molecule has 3 fully saturated rings. The van der Waals surface area contributed by atoms with E-state index in [0.29, 0.717) is 11.8 Å². The molecule has 6 nitrogen and oxygen atoms in total. The van der Waals surface area contributed by atoms with Gasteiger partial charge in [-0.15, -0.1) is 0 Å². The van der Waals surface area contributed by atoms with E-state index < -0.39 is 5.97 Å². The van der Waals surface area contributed by atoms with E-state index in [0.717, 1.165) is 55.8 Å². The highest BCUT2D eigenvalue weighted by Crippen LogP contribution is 2.76. The number of nitrogens with zero attached hydrogens (tertiary/aromatic N) is 1. The van der Waals surface area contributed by atoms with Crippen molar-refractivity contribution < 1.29 is 14.6 Å². The van der Waals surface area contributed by atoms with E-state index in [2.05, 4.69) is 71.8 Å². The summed E-state index contributed by atoms with van der Waals surface area (Å²) in [6, 6.07) is 8.68. The molecule has 8 atom stereocenters. The summed E-state index contributed by atoms with van der Waals surface area (Å²) in [6.07, 6.45) is 8.20. The zero-order chi connectivity index (χ0) is 31.6. The molecule has 0 spiro atoms. The second kappa shape index (κ2) is 9.39. The normalized spacial score (nSPS) is 40.1. The van der Waals surface area contributed by atoms with Crippen molar-refractivity contribution in [1.82, 2.24) is 10.2 Å². The molecule has 1 aromatic heterocycles. The highest BCUT2D eigenvalue weighted by atomic mass is 16.5. The predicted molar refractivity (Wildman–Crippen MR) is 175 cm³/mol. The molecule has 1 heterocycles. The minimum absolute atomic E-state index is 0.0149. The van der Waals surface area contributed by atoms with Gasteiger partial charge in [0.05, 0.1) is 18.7 Å². The van der Waals surface area contributed by atoms with E-state index in [9.17, 15) is 9.90 Å². The van der Waals surface area contributed by atoms with Gasteiger partial charge >= 0.3 is 5.97 Å². The number of fused-ring (bicyclic) bond motifs is 8. The molecule has 5 aliphatic carbocycles. The Hall–Kier alpha value is -2.76. The Morgan fingerprint density at radius 1 is 1.05 bits per heavy atom. The Balaban J connectivity index is 1.46. The molecular weight excluding hydrogens is 546 g/mol. The largest absolute Gasteiger partial charge is 0.497 e. The lowest BCUT2D eigenvalue weighted by Gasteiger charge is -2.70. The van der Waals surface area contributed by atoms with Crippen molar-refractivity contribution in [3.63, 3.8) is 0 Å². The number of carboxylic acids is 1. The molecule has 0 radical (unpaired) electrons. The summed E-state index contributed by atoms with van der Waals surface area (Å²) in [5.41, 5.74) is 13.3. The lowest BCUT2D eigenvalue weighted by atomic mass is 9.33. The maximum Gasteiger partial charge on any atom is 0.306 e. The van der Waals surface area contributed by atoms with Crippen molar-refractivity contribution in [2.24, 2.45) is 51.2 Å². The zero-order valence-electron chi connectivity index (χ0n) is 28.1. The van der Waals surface area contributed by atoms with Gasteiger partial charge in [-0.3, -0.25) is 9.89 Å². The molecule has 0 aliphatic heterocycles. The number of nitrogen functional groups attached to an aromatic ring is 1. The monoisotopic (exact) mass is 599 g/mol. The molecule has 7 rings (SSSR count). The minimum Gasteiger partial charge on any atom is -0.497 e. The van der Waals surface area contributed by atoms with Crippen LogP contribution in [0.4, 0.5) is 5.82 Å². The van der Waals surface area contributed by atoms with Gasteiger partial charge < -0.3 is 15.6 Å². The molecule has 6 heteroatoms. The number of carboxylic acid groups (broad SMARTS) is 1. The van der Waals surface area contributed by atoms with Crippen LogP contribution in [0.25, 0.3) is 5.57 Å². The van der Waals surface area contributed by atoms with Crippen LogP contribution in [-0.2, 0) is 16.6 Å². The van der Waals surface area contributed by atoms with Gasteiger partial charge in [0.25, 0.3) is 0 Å². The second-order valence-corrected chi connectivity index (χ2v) is 17.4. The third-order valence-corrected chi connectivity index (χ3v) is 14.5. The number of hydrogen-bond acceptors (Lipinski definition) is 4. The average Bonchev–Trinajstić information content (AvgIpc) is 3.32. The van der Waals surface area contributed by atoms with Crippen molar-refractivity contribution in [2.45, 2.75) is 105 Å². The number of nitrogens with one attached hydrogen (secondary N) is 1. The van der Waals surface area contributed by atoms with Crippen LogP contribution in [0, 0.1) is 51.2 Å². The lowest BCUT2D eigenvalue weighted by molar-refractivity contribution is -0.161. The fourth-order valence-corrected chi connectivity index (χ4v) is 12.5. The van der Waals surface area contributed by atoms with Crippen LogP contribution in [0.5, 0.6) is 5.75 Å². The SMILES string of the molecule is COc1cccc(C2=C3C4CC(C)(C)C[C@@H](C(=O)O)C4CCC3(C)C3(C)CCC4C(C)(C)c5n[nH]c(N)c5CC4(C)C3C2)c1. The van der Waals surface area contributed by atoms with Gasteiger partial charge in [-0.2, -0.15) is 5.10 Å². The summed E-state index contributed by atoms with van der Waals surface area (Å²) >= 11 is 0. The summed E-state index contributed by atoms with van der Waals surface area (Å²) < 4.78 is 5.77. The van der Waals surface area contributed by atoms with Gasteiger partial charge in [-0.25, -0.2) is 0 Å². The van der Waals surface area contributed by atoms with Crippen LogP contribution < -0.4 is 10.5 Å². The first kappa shape index (κ1) is 29.9. The maximum absolute atomic E-state index is 12.8. The number of aromatic amines is 1. The zero-order valence-corrected chi connectivity index (χ0v) is 28.1. The van der Waals surface area contributed by atoms with Crippen LogP contribution in [0.2, 0.25) is 0 Å². The smallest absolute Gasteiger partial charge is 0.306 e. The standard InChI is InChI=1S/C38H53N3O3/c1-34(2)18-25-23(26(19-34)33(42)43)12-14-38(7)30(25)24(21-10-9-11-22(16-21)44-8)17-29-36(5)20-27-31(40-41-32(27)39)35(3,4)28(36)13-15-37(29,38)6/h9-11,16,23,25-26,28-29H,12-15,17-20H2,1-8H3,(H,42,43)(H3,39,40,41)/t23?,25?,26-,28?,29?,36?,37?,38?/m1/s1. The molecule has 1 aromatic carbocycles. The van der Waals surface area contributed by atoms with Crippen LogP contribution in [0.3, 0.4) is 0 Å². The molecule has 44 heavy (non-hydrogen) atoms. The minimum atomic E-state index is -0.606.